The lowest BCUT2D eigenvalue weighted by atomic mass is 10.1. The Morgan fingerprint density at radius 2 is 1.25 bits per heavy atom. The number of imidazole rings is 1. The van der Waals surface area contributed by atoms with Crippen LogP contribution in [-0.2, 0) is 6.42 Å². The van der Waals surface area contributed by atoms with Gasteiger partial charge < -0.3 is 4.74 Å². The molecule has 172 valence electrons. The van der Waals surface area contributed by atoms with E-state index in [1.165, 1.54) is 0 Å². The summed E-state index contributed by atoms with van der Waals surface area (Å²) in [5.74, 6) is 4.48. The minimum atomic E-state index is 0.610. The Balaban J connectivity index is 1.44. The summed E-state index contributed by atoms with van der Waals surface area (Å²) in [6.45, 7) is 2.12. The molecule has 0 saturated heterocycles. The third-order valence-corrected chi connectivity index (χ3v) is 6.40. The van der Waals surface area contributed by atoms with Crippen LogP contribution in [0.5, 0.6) is 11.5 Å². The van der Waals surface area contributed by atoms with Gasteiger partial charge in [-0.15, -0.1) is 0 Å². The van der Waals surface area contributed by atoms with E-state index in [0.717, 1.165) is 57.2 Å². The second kappa shape index (κ2) is 8.13. The first-order valence-corrected chi connectivity index (χ1v) is 12.0. The number of hydrogen-bond acceptors (Lipinski definition) is 5. The maximum Gasteiger partial charge on any atom is 0.164 e. The first-order valence-electron chi connectivity index (χ1n) is 12.0. The zero-order chi connectivity index (χ0) is 24.1. The normalized spacial score (nSPS) is 11.8. The maximum atomic E-state index is 6.27. The van der Waals surface area contributed by atoms with Crippen LogP contribution in [0.4, 0.5) is 0 Å². The fraction of sp³-hybridized carbons (Fsp3) is 0.0667. The Labute approximate surface area is 207 Å². The number of ether oxygens (including phenoxy) is 1. The summed E-state index contributed by atoms with van der Waals surface area (Å²) in [5, 5.41) is 0. The molecule has 1 aliphatic heterocycles. The molecule has 0 spiro atoms. The molecule has 2 aromatic heterocycles. The predicted molar refractivity (Wildman–Crippen MR) is 140 cm³/mol. The van der Waals surface area contributed by atoms with Gasteiger partial charge in [-0.05, 0) is 30.3 Å². The van der Waals surface area contributed by atoms with Crippen LogP contribution in [-0.4, -0.2) is 24.5 Å². The van der Waals surface area contributed by atoms with Crippen LogP contribution in [0.15, 0.2) is 97.1 Å². The van der Waals surface area contributed by atoms with E-state index in [1.807, 2.05) is 91.0 Å². The van der Waals surface area contributed by atoms with Gasteiger partial charge in [0.2, 0.25) is 0 Å². The standard InChI is InChI=1S/C30H21N5O/c1-2-26-31-22-14-9-15-25-27(22)35(26)23-18-21(16-17-24(23)36-25)30-33-28(19-10-5-3-6-11-19)32-29(34-30)20-12-7-4-8-13-20/h3-18H,2H2,1H3. The van der Waals surface area contributed by atoms with E-state index in [9.17, 15) is 0 Å². The van der Waals surface area contributed by atoms with Gasteiger partial charge in [-0.25, -0.2) is 19.9 Å². The number of nitrogens with zero attached hydrogens (tertiary/aromatic N) is 5. The summed E-state index contributed by atoms with van der Waals surface area (Å²) in [6.07, 6.45) is 0.805. The Hall–Kier alpha value is -4.84. The summed E-state index contributed by atoms with van der Waals surface area (Å²) in [4.78, 5) is 19.4. The van der Waals surface area contributed by atoms with E-state index in [2.05, 4.69) is 17.6 Å². The monoisotopic (exact) mass is 467 g/mol. The molecule has 0 aliphatic carbocycles. The fourth-order valence-corrected chi connectivity index (χ4v) is 4.70. The highest BCUT2D eigenvalue weighted by atomic mass is 16.5. The quantitative estimate of drug-likeness (QED) is 0.282. The Morgan fingerprint density at radius 3 is 1.89 bits per heavy atom. The van der Waals surface area contributed by atoms with Gasteiger partial charge in [-0.3, -0.25) is 4.57 Å². The van der Waals surface area contributed by atoms with Crippen LogP contribution in [0.2, 0.25) is 0 Å². The fourth-order valence-electron chi connectivity index (χ4n) is 4.70. The van der Waals surface area contributed by atoms with Gasteiger partial charge in [-0.2, -0.15) is 0 Å². The molecule has 4 aromatic carbocycles. The number of aromatic nitrogens is 5. The third-order valence-electron chi connectivity index (χ3n) is 6.40. The summed E-state index contributed by atoms with van der Waals surface area (Å²) in [6, 6.07) is 32.1. The summed E-state index contributed by atoms with van der Waals surface area (Å²) in [7, 11) is 0. The largest absolute Gasteiger partial charge is 0.453 e. The van der Waals surface area contributed by atoms with Gasteiger partial charge in [0, 0.05) is 23.1 Å². The van der Waals surface area contributed by atoms with Crippen molar-refractivity contribution in [2.75, 3.05) is 0 Å². The van der Waals surface area contributed by atoms with Crippen molar-refractivity contribution in [1.29, 1.82) is 0 Å². The molecule has 0 saturated carbocycles. The van der Waals surface area contributed by atoms with Gasteiger partial charge >= 0.3 is 0 Å². The third kappa shape index (κ3) is 3.26. The highest BCUT2D eigenvalue weighted by Gasteiger charge is 2.24. The molecule has 3 heterocycles. The number of fused-ring (bicyclic) bond motifs is 2. The summed E-state index contributed by atoms with van der Waals surface area (Å²) in [5.41, 5.74) is 5.63. The molecule has 0 amide bonds. The van der Waals surface area contributed by atoms with Crippen molar-refractivity contribution in [2.24, 2.45) is 0 Å². The van der Waals surface area contributed by atoms with Crippen molar-refractivity contribution in [2.45, 2.75) is 13.3 Å². The lowest BCUT2D eigenvalue weighted by Crippen LogP contribution is -2.08. The molecule has 0 atom stereocenters. The number of para-hydroxylation sites is 1. The minimum absolute atomic E-state index is 0.610. The lowest BCUT2D eigenvalue weighted by molar-refractivity contribution is 0.474. The van der Waals surface area contributed by atoms with Crippen molar-refractivity contribution in [3.8, 4) is 51.3 Å². The molecule has 7 rings (SSSR count). The molecule has 0 bridgehead atoms. The van der Waals surface area contributed by atoms with Gasteiger partial charge in [0.25, 0.3) is 0 Å². The van der Waals surface area contributed by atoms with E-state index in [0.29, 0.717) is 17.5 Å². The second-order valence-electron chi connectivity index (χ2n) is 8.66. The van der Waals surface area contributed by atoms with Gasteiger partial charge in [0.05, 0.1) is 11.2 Å². The highest BCUT2D eigenvalue weighted by molar-refractivity contribution is 5.88. The molecule has 0 radical (unpaired) electrons. The van der Waals surface area contributed by atoms with E-state index < -0.39 is 0 Å². The zero-order valence-electron chi connectivity index (χ0n) is 19.6. The Kier molecular flexibility index (Phi) is 4.64. The van der Waals surface area contributed by atoms with Gasteiger partial charge in [-0.1, -0.05) is 73.7 Å². The van der Waals surface area contributed by atoms with Crippen LogP contribution in [0, 0.1) is 0 Å². The summed E-state index contributed by atoms with van der Waals surface area (Å²) < 4.78 is 8.47. The minimum Gasteiger partial charge on any atom is -0.453 e. The molecule has 6 aromatic rings. The van der Waals surface area contributed by atoms with Crippen molar-refractivity contribution < 1.29 is 4.74 Å². The first kappa shape index (κ1) is 20.5. The average Bonchev–Trinajstić information content (AvgIpc) is 3.34. The van der Waals surface area contributed by atoms with Gasteiger partial charge in [0.1, 0.15) is 11.3 Å². The molecule has 36 heavy (non-hydrogen) atoms. The number of benzene rings is 4. The van der Waals surface area contributed by atoms with Crippen LogP contribution < -0.4 is 4.74 Å². The molecule has 6 heteroatoms. The van der Waals surface area contributed by atoms with Crippen molar-refractivity contribution in [3.63, 3.8) is 0 Å². The lowest BCUT2D eigenvalue weighted by Gasteiger charge is -2.21. The SMILES string of the molecule is CCc1nc2cccc3c2n1-c1cc(-c2nc(-c4ccccc4)nc(-c4ccccc4)n2)ccc1O3. The zero-order valence-corrected chi connectivity index (χ0v) is 19.6. The number of hydrogen-bond donors (Lipinski definition) is 0. The smallest absolute Gasteiger partial charge is 0.164 e. The highest BCUT2D eigenvalue weighted by Crippen LogP contribution is 2.42. The molecule has 1 aliphatic rings. The Bertz CT molecular complexity index is 1690. The Morgan fingerprint density at radius 1 is 0.611 bits per heavy atom. The number of rotatable bonds is 4. The molecule has 6 nitrogen and oxygen atoms in total. The van der Waals surface area contributed by atoms with Crippen molar-refractivity contribution >= 4 is 11.0 Å². The maximum absolute atomic E-state index is 6.27. The average molecular weight is 468 g/mol. The van der Waals surface area contributed by atoms with E-state index in [4.69, 9.17) is 24.7 Å². The van der Waals surface area contributed by atoms with E-state index in [1.54, 1.807) is 0 Å². The van der Waals surface area contributed by atoms with Gasteiger partial charge in [0.15, 0.2) is 29.0 Å². The molecule has 0 unspecified atom stereocenters. The van der Waals surface area contributed by atoms with E-state index in [-0.39, 0.29) is 0 Å². The van der Waals surface area contributed by atoms with Crippen LogP contribution >= 0.6 is 0 Å². The molecular weight excluding hydrogens is 446 g/mol. The molecule has 0 N–H and O–H groups in total. The molecular formula is C30H21N5O. The summed E-state index contributed by atoms with van der Waals surface area (Å²) >= 11 is 0. The predicted octanol–water partition coefficient (Wildman–Crippen LogP) is 6.88. The van der Waals surface area contributed by atoms with Crippen LogP contribution in [0.3, 0.4) is 0 Å². The second-order valence-corrected chi connectivity index (χ2v) is 8.66. The topological polar surface area (TPSA) is 65.7 Å². The van der Waals surface area contributed by atoms with Crippen LogP contribution in [0.25, 0.3) is 50.9 Å². The van der Waals surface area contributed by atoms with Crippen LogP contribution in [0.1, 0.15) is 12.7 Å². The first-order chi connectivity index (χ1) is 17.8. The number of aryl methyl sites for hydroxylation is 1. The van der Waals surface area contributed by atoms with Crippen molar-refractivity contribution in [3.05, 3.63) is 103 Å². The van der Waals surface area contributed by atoms with E-state index >= 15 is 0 Å². The van der Waals surface area contributed by atoms with Crippen molar-refractivity contribution in [1.82, 2.24) is 24.5 Å². The molecule has 0 fully saturated rings.